The monoisotopic (exact) mass is 298 g/mol. The Bertz CT molecular complexity index is 632. The molecule has 0 saturated heterocycles. The molecule has 1 unspecified atom stereocenters. The number of carbonyl (C=O) groups excluding carboxylic acids is 1. The lowest BCUT2D eigenvalue weighted by Crippen LogP contribution is -2.27. The molecule has 0 fully saturated rings. The van der Waals surface area contributed by atoms with Gasteiger partial charge in [0.2, 0.25) is 11.7 Å². The first-order valence-electron chi connectivity index (χ1n) is 6.26. The van der Waals surface area contributed by atoms with E-state index >= 15 is 0 Å². The topological polar surface area (TPSA) is 56.0 Å². The molecule has 1 atom stereocenters. The average Bonchev–Trinajstić information content (AvgIpc) is 2.87. The molecule has 0 aliphatic heterocycles. The highest BCUT2D eigenvalue weighted by atomic mass is 19.4. The number of carbonyl (C=O) groups is 1. The van der Waals surface area contributed by atoms with Crippen molar-refractivity contribution < 1.29 is 22.5 Å². The van der Waals surface area contributed by atoms with Crippen LogP contribution in [0.5, 0.6) is 0 Å². The van der Waals surface area contributed by atoms with Crippen molar-refractivity contribution in [2.45, 2.75) is 32.4 Å². The minimum absolute atomic E-state index is 0.246. The van der Waals surface area contributed by atoms with Gasteiger partial charge in [0.25, 0.3) is 0 Å². The lowest BCUT2D eigenvalue weighted by Gasteiger charge is -2.08. The van der Waals surface area contributed by atoms with Gasteiger partial charge in [0.15, 0.2) is 5.82 Å². The average molecular weight is 298 g/mol. The number of aryl methyl sites for hydroxylation is 1. The molecule has 0 radical (unpaired) electrons. The molecule has 4 nitrogen and oxygen atoms in total. The Kier molecular flexibility index (Phi) is 4.11. The molecule has 1 aromatic carbocycles. The number of Topliss-reactive ketones (excluding diaryl/α,β-unsaturated/α-hetero) is 1. The van der Waals surface area contributed by atoms with E-state index < -0.39 is 17.9 Å². The zero-order valence-electron chi connectivity index (χ0n) is 11.4. The van der Waals surface area contributed by atoms with Gasteiger partial charge >= 0.3 is 6.18 Å². The third kappa shape index (κ3) is 3.68. The fourth-order valence-corrected chi connectivity index (χ4v) is 1.76. The zero-order valence-corrected chi connectivity index (χ0v) is 11.4. The molecule has 0 bridgehead atoms. The van der Waals surface area contributed by atoms with Crippen LogP contribution in [0.15, 0.2) is 28.8 Å². The molecular formula is C14H13F3N2O2. The van der Waals surface area contributed by atoms with Gasteiger partial charge in [-0.1, -0.05) is 35.0 Å². The number of hydrogen-bond donors (Lipinski definition) is 0. The number of hydrogen-bond acceptors (Lipinski definition) is 4. The van der Waals surface area contributed by atoms with Crippen molar-refractivity contribution in [1.29, 1.82) is 0 Å². The molecule has 2 aromatic rings. The Morgan fingerprint density at radius 3 is 2.48 bits per heavy atom. The Balaban J connectivity index is 2.11. The highest BCUT2D eigenvalue weighted by molar-refractivity contribution is 5.89. The molecule has 0 aliphatic carbocycles. The number of alkyl halides is 3. The largest absolute Gasteiger partial charge is 0.450 e. The smallest absolute Gasteiger partial charge is 0.339 e. The Morgan fingerprint density at radius 1 is 1.29 bits per heavy atom. The maximum absolute atomic E-state index is 12.3. The number of ketones is 1. The Labute approximate surface area is 119 Å². The molecule has 7 heteroatoms. The van der Waals surface area contributed by atoms with E-state index in [-0.39, 0.29) is 11.7 Å². The van der Waals surface area contributed by atoms with Crippen LogP contribution >= 0.6 is 0 Å². The van der Waals surface area contributed by atoms with E-state index in [0.29, 0.717) is 6.42 Å². The summed E-state index contributed by atoms with van der Waals surface area (Å²) in [5.74, 6) is -3.47. The molecule has 2 rings (SSSR count). The second-order valence-corrected chi connectivity index (χ2v) is 4.79. The van der Waals surface area contributed by atoms with Gasteiger partial charge in [-0.2, -0.15) is 18.2 Å². The van der Waals surface area contributed by atoms with Crippen LogP contribution in [-0.2, 0) is 11.2 Å². The summed E-state index contributed by atoms with van der Waals surface area (Å²) >= 11 is 0. The summed E-state index contributed by atoms with van der Waals surface area (Å²) < 4.78 is 41.8. The molecule has 0 N–H and O–H groups in total. The minimum Gasteiger partial charge on any atom is -0.339 e. The summed E-state index contributed by atoms with van der Waals surface area (Å²) in [5.41, 5.74) is 2.00. The first-order valence-corrected chi connectivity index (χ1v) is 6.26. The second-order valence-electron chi connectivity index (χ2n) is 4.79. The van der Waals surface area contributed by atoms with Crippen molar-refractivity contribution in [3.05, 3.63) is 47.1 Å². The lowest BCUT2D eigenvalue weighted by atomic mass is 10.1. The van der Waals surface area contributed by atoms with E-state index in [4.69, 9.17) is 4.52 Å². The van der Waals surface area contributed by atoms with Crippen molar-refractivity contribution in [2.24, 2.45) is 0 Å². The number of aromatic nitrogens is 2. The predicted molar refractivity (Wildman–Crippen MR) is 67.8 cm³/mol. The first-order chi connectivity index (χ1) is 9.77. The van der Waals surface area contributed by atoms with Gasteiger partial charge < -0.3 is 4.52 Å². The van der Waals surface area contributed by atoms with Crippen LogP contribution in [0.25, 0.3) is 0 Å². The standard InChI is InChI=1S/C14H13F3N2O2/c1-8-3-5-10(6-4-8)7-11-18-13(21-19-11)9(2)12(20)14(15,16)17/h3-6,9H,7H2,1-2H3. The molecule has 21 heavy (non-hydrogen) atoms. The van der Waals surface area contributed by atoms with Crippen molar-refractivity contribution in [1.82, 2.24) is 10.1 Å². The number of rotatable bonds is 4. The Morgan fingerprint density at radius 2 is 1.90 bits per heavy atom. The minimum atomic E-state index is -4.91. The maximum atomic E-state index is 12.3. The van der Waals surface area contributed by atoms with E-state index in [1.807, 2.05) is 31.2 Å². The number of halogens is 3. The highest BCUT2D eigenvalue weighted by Crippen LogP contribution is 2.26. The summed E-state index contributed by atoms with van der Waals surface area (Å²) in [6, 6.07) is 7.56. The van der Waals surface area contributed by atoms with Gasteiger partial charge in [-0.05, 0) is 19.4 Å². The zero-order chi connectivity index (χ0) is 15.6. The summed E-state index contributed by atoms with van der Waals surface area (Å²) in [4.78, 5) is 15.0. The third-order valence-corrected chi connectivity index (χ3v) is 3.01. The maximum Gasteiger partial charge on any atom is 0.450 e. The molecule has 0 spiro atoms. The van der Waals surface area contributed by atoms with Crippen LogP contribution in [0.1, 0.15) is 35.7 Å². The van der Waals surface area contributed by atoms with Gasteiger partial charge in [0.05, 0.1) is 0 Å². The van der Waals surface area contributed by atoms with Crippen molar-refractivity contribution in [3.63, 3.8) is 0 Å². The van der Waals surface area contributed by atoms with Gasteiger partial charge in [-0.3, -0.25) is 4.79 Å². The summed E-state index contributed by atoms with van der Waals surface area (Å²) in [5, 5.41) is 3.61. The Hall–Kier alpha value is -2.18. The molecule has 112 valence electrons. The molecule has 0 amide bonds. The lowest BCUT2D eigenvalue weighted by molar-refractivity contribution is -0.172. The van der Waals surface area contributed by atoms with Crippen molar-refractivity contribution >= 4 is 5.78 Å². The van der Waals surface area contributed by atoms with E-state index in [1.54, 1.807) is 0 Å². The normalized spacial score (nSPS) is 13.2. The van der Waals surface area contributed by atoms with E-state index in [1.165, 1.54) is 0 Å². The van der Waals surface area contributed by atoms with Crippen LogP contribution in [0, 0.1) is 6.92 Å². The van der Waals surface area contributed by atoms with Crippen LogP contribution in [0.4, 0.5) is 13.2 Å². The van der Waals surface area contributed by atoms with E-state index in [9.17, 15) is 18.0 Å². The van der Waals surface area contributed by atoms with Crippen molar-refractivity contribution in [2.75, 3.05) is 0 Å². The highest BCUT2D eigenvalue weighted by Gasteiger charge is 2.43. The van der Waals surface area contributed by atoms with Gasteiger partial charge in [-0.15, -0.1) is 0 Å². The summed E-state index contributed by atoms with van der Waals surface area (Å²) in [6.45, 7) is 3.04. The van der Waals surface area contributed by atoms with E-state index in [0.717, 1.165) is 18.1 Å². The molecule has 1 aromatic heterocycles. The fraction of sp³-hybridized carbons (Fsp3) is 0.357. The van der Waals surface area contributed by atoms with Crippen molar-refractivity contribution in [3.8, 4) is 0 Å². The molecular weight excluding hydrogens is 285 g/mol. The van der Waals surface area contributed by atoms with Gasteiger partial charge in [0, 0.05) is 6.42 Å². The number of nitrogens with zero attached hydrogens (tertiary/aromatic N) is 2. The molecule has 0 aliphatic rings. The van der Waals surface area contributed by atoms with E-state index in [2.05, 4.69) is 10.1 Å². The SMILES string of the molecule is Cc1ccc(Cc2noc(C(C)C(=O)C(F)(F)F)n2)cc1. The number of benzene rings is 1. The van der Waals surface area contributed by atoms with Gasteiger partial charge in [0.1, 0.15) is 5.92 Å². The van der Waals surface area contributed by atoms with Crippen LogP contribution in [0.2, 0.25) is 0 Å². The summed E-state index contributed by atoms with van der Waals surface area (Å²) in [6.07, 6.45) is -4.58. The third-order valence-electron chi connectivity index (χ3n) is 3.01. The quantitative estimate of drug-likeness (QED) is 0.869. The fourth-order valence-electron chi connectivity index (χ4n) is 1.76. The second kappa shape index (κ2) is 5.67. The van der Waals surface area contributed by atoms with Crippen LogP contribution in [0.3, 0.4) is 0 Å². The molecule has 1 heterocycles. The first kappa shape index (κ1) is 15.2. The molecule has 0 saturated carbocycles. The predicted octanol–water partition coefficient (Wildman–Crippen LogP) is 3.20. The summed E-state index contributed by atoms with van der Waals surface area (Å²) in [7, 11) is 0. The van der Waals surface area contributed by atoms with Crippen LogP contribution in [-0.4, -0.2) is 22.1 Å². The van der Waals surface area contributed by atoms with Crippen LogP contribution < -0.4 is 0 Å². The van der Waals surface area contributed by atoms with Gasteiger partial charge in [-0.25, -0.2) is 0 Å².